The Bertz CT molecular complexity index is 1180. The Kier molecular flexibility index (Phi) is 6.56. The molecule has 7 heteroatoms. The second kappa shape index (κ2) is 9.55. The number of hydrogen-bond acceptors (Lipinski definition) is 4. The van der Waals surface area contributed by atoms with Crippen molar-refractivity contribution in [3.8, 4) is 0 Å². The number of amides is 1. The number of carbonyl (C=O) groups is 2. The summed E-state index contributed by atoms with van der Waals surface area (Å²) in [6, 6.07) is 20.1. The number of nitrogens with zero attached hydrogens (tertiary/aromatic N) is 2. The summed E-state index contributed by atoms with van der Waals surface area (Å²) >= 11 is 5.93. The second-order valence-electron chi connectivity index (χ2n) is 8.33. The van der Waals surface area contributed by atoms with Crippen molar-refractivity contribution in [2.45, 2.75) is 19.9 Å². The first-order valence-electron chi connectivity index (χ1n) is 10.8. The van der Waals surface area contributed by atoms with Crippen molar-refractivity contribution in [1.82, 2.24) is 0 Å². The molecule has 3 aromatic rings. The van der Waals surface area contributed by atoms with Gasteiger partial charge in [0.15, 0.2) is 0 Å². The van der Waals surface area contributed by atoms with E-state index in [0.29, 0.717) is 16.3 Å². The summed E-state index contributed by atoms with van der Waals surface area (Å²) in [6.45, 7) is 6.56. The molecule has 0 aliphatic carbocycles. The van der Waals surface area contributed by atoms with Crippen LogP contribution in [0.25, 0.3) is 0 Å². The van der Waals surface area contributed by atoms with Crippen molar-refractivity contribution < 1.29 is 14.7 Å². The molecule has 2 N–H and O–H groups in total. The van der Waals surface area contributed by atoms with Gasteiger partial charge in [0.1, 0.15) is 0 Å². The first-order valence-corrected chi connectivity index (χ1v) is 11.2. The number of rotatable bonds is 5. The lowest BCUT2D eigenvalue weighted by atomic mass is 10.1. The van der Waals surface area contributed by atoms with Gasteiger partial charge in [-0.15, -0.1) is 0 Å². The van der Waals surface area contributed by atoms with E-state index in [9.17, 15) is 14.7 Å². The normalized spacial score (nSPS) is 15.9. The van der Waals surface area contributed by atoms with Crippen LogP contribution in [-0.2, 0) is 0 Å². The molecule has 3 aromatic carbocycles. The second-order valence-corrected chi connectivity index (χ2v) is 8.76. The Morgan fingerprint density at radius 1 is 1.00 bits per heavy atom. The van der Waals surface area contributed by atoms with E-state index in [1.165, 1.54) is 17.3 Å². The highest BCUT2D eigenvalue weighted by atomic mass is 35.5. The molecule has 4 rings (SSSR count). The topological polar surface area (TPSA) is 72.9 Å². The van der Waals surface area contributed by atoms with Gasteiger partial charge < -0.3 is 20.2 Å². The van der Waals surface area contributed by atoms with E-state index in [2.05, 4.69) is 53.2 Å². The lowest BCUT2D eigenvalue weighted by Crippen LogP contribution is -2.52. The van der Waals surface area contributed by atoms with E-state index < -0.39 is 5.97 Å². The van der Waals surface area contributed by atoms with Crippen molar-refractivity contribution >= 4 is 40.5 Å². The summed E-state index contributed by atoms with van der Waals surface area (Å²) in [7, 11) is 0. The molecule has 170 valence electrons. The van der Waals surface area contributed by atoms with E-state index in [1.54, 1.807) is 36.4 Å². The Hall–Kier alpha value is -3.51. The molecule has 1 aliphatic heterocycles. The smallest absolute Gasteiger partial charge is 0.335 e. The Balaban J connectivity index is 1.59. The van der Waals surface area contributed by atoms with E-state index in [4.69, 9.17) is 11.6 Å². The molecular weight excluding hydrogens is 438 g/mol. The van der Waals surface area contributed by atoms with Gasteiger partial charge >= 0.3 is 5.97 Å². The molecule has 1 fully saturated rings. The fourth-order valence-electron chi connectivity index (χ4n) is 4.21. The minimum Gasteiger partial charge on any atom is -0.478 e. The molecular formula is C26H26ClN3O3. The standard InChI is InChI=1S/C26H26ClN3O3/c1-17-4-3-5-22(14-17)30-13-12-29(16-18(30)2)24-11-8-20(26(32)33)15-23(24)28-25(31)19-6-9-21(27)10-7-19/h3-11,14-15,18H,12-13,16H2,1-2H3,(H,28,31)(H,32,33). The predicted molar refractivity (Wildman–Crippen MR) is 133 cm³/mol. The summed E-state index contributed by atoms with van der Waals surface area (Å²) < 4.78 is 0. The van der Waals surface area contributed by atoms with Crippen LogP contribution in [0, 0.1) is 6.92 Å². The lowest BCUT2D eigenvalue weighted by Gasteiger charge is -2.43. The summed E-state index contributed by atoms with van der Waals surface area (Å²) in [5, 5.41) is 12.9. The number of aromatic carboxylic acids is 1. The first kappa shape index (κ1) is 22.7. The number of carboxylic acid groups (broad SMARTS) is 1. The molecule has 1 saturated heterocycles. The molecule has 1 unspecified atom stereocenters. The molecule has 33 heavy (non-hydrogen) atoms. The number of carboxylic acids is 1. The van der Waals surface area contributed by atoms with Crippen LogP contribution >= 0.6 is 11.6 Å². The van der Waals surface area contributed by atoms with Gasteiger partial charge in [-0.05, 0) is 74.0 Å². The molecule has 0 spiro atoms. The molecule has 0 radical (unpaired) electrons. The fourth-order valence-corrected chi connectivity index (χ4v) is 4.33. The van der Waals surface area contributed by atoms with E-state index in [1.807, 2.05) is 0 Å². The Labute approximate surface area is 198 Å². The quantitative estimate of drug-likeness (QED) is 0.536. The van der Waals surface area contributed by atoms with Gasteiger partial charge in [-0.2, -0.15) is 0 Å². The van der Waals surface area contributed by atoms with Crippen LogP contribution in [0.15, 0.2) is 66.7 Å². The summed E-state index contributed by atoms with van der Waals surface area (Å²) in [4.78, 5) is 29.0. The van der Waals surface area contributed by atoms with Crippen molar-refractivity contribution in [2.75, 3.05) is 34.8 Å². The third-order valence-electron chi connectivity index (χ3n) is 5.90. The number of anilines is 3. The molecule has 0 bridgehead atoms. The maximum absolute atomic E-state index is 12.8. The number of halogens is 1. The van der Waals surface area contributed by atoms with E-state index in [0.717, 1.165) is 25.3 Å². The zero-order valence-electron chi connectivity index (χ0n) is 18.6. The number of piperazine rings is 1. The van der Waals surface area contributed by atoms with Gasteiger partial charge in [0.2, 0.25) is 0 Å². The summed E-state index contributed by atoms with van der Waals surface area (Å²) in [5.74, 6) is -1.36. The highest BCUT2D eigenvalue weighted by Gasteiger charge is 2.26. The van der Waals surface area contributed by atoms with Gasteiger partial charge in [-0.25, -0.2) is 4.79 Å². The van der Waals surface area contributed by atoms with E-state index >= 15 is 0 Å². The van der Waals surface area contributed by atoms with Crippen molar-refractivity contribution in [2.24, 2.45) is 0 Å². The van der Waals surface area contributed by atoms with Crippen LogP contribution in [0.4, 0.5) is 17.1 Å². The number of carbonyl (C=O) groups excluding carboxylic acids is 1. The maximum Gasteiger partial charge on any atom is 0.335 e. The molecule has 0 aromatic heterocycles. The number of nitrogens with one attached hydrogen (secondary N) is 1. The minimum atomic E-state index is -1.04. The van der Waals surface area contributed by atoms with Crippen molar-refractivity contribution in [1.29, 1.82) is 0 Å². The molecule has 1 aliphatic rings. The summed E-state index contributed by atoms with van der Waals surface area (Å²) in [6.07, 6.45) is 0. The van der Waals surface area contributed by atoms with Crippen LogP contribution < -0.4 is 15.1 Å². The zero-order valence-corrected chi connectivity index (χ0v) is 19.3. The van der Waals surface area contributed by atoms with Crippen LogP contribution in [0.1, 0.15) is 33.2 Å². The maximum atomic E-state index is 12.8. The van der Waals surface area contributed by atoms with Gasteiger partial charge in [-0.3, -0.25) is 4.79 Å². The van der Waals surface area contributed by atoms with Crippen LogP contribution in [0.5, 0.6) is 0 Å². The highest BCUT2D eigenvalue weighted by molar-refractivity contribution is 6.30. The monoisotopic (exact) mass is 463 g/mol. The third-order valence-corrected chi connectivity index (χ3v) is 6.15. The van der Waals surface area contributed by atoms with Crippen molar-refractivity contribution in [3.05, 3.63) is 88.4 Å². The van der Waals surface area contributed by atoms with Gasteiger partial charge in [-0.1, -0.05) is 23.7 Å². The Morgan fingerprint density at radius 3 is 2.39 bits per heavy atom. The van der Waals surface area contributed by atoms with Gasteiger partial charge in [0.25, 0.3) is 5.91 Å². The number of aryl methyl sites for hydroxylation is 1. The molecule has 1 heterocycles. The lowest BCUT2D eigenvalue weighted by molar-refractivity contribution is 0.0696. The largest absolute Gasteiger partial charge is 0.478 e. The Morgan fingerprint density at radius 2 is 1.73 bits per heavy atom. The van der Waals surface area contributed by atoms with Crippen LogP contribution in [0.2, 0.25) is 5.02 Å². The third kappa shape index (κ3) is 5.12. The molecule has 1 atom stereocenters. The minimum absolute atomic E-state index is 0.122. The SMILES string of the molecule is Cc1cccc(N2CCN(c3ccc(C(=O)O)cc3NC(=O)c3ccc(Cl)cc3)CC2C)c1. The highest BCUT2D eigenvalue weighted by Crippen LogP contribution is 2.31. The number of benzene rings is 3. The first-order chi connectivity index (χ1) is 15.8. The molecule has 0 saturated carbocycles. The zero-order chi connectivity index (χ0) is 23.5. The average molecular weight is 464 g/mol. The van der Waals surface area contributed by atoms with Gasteiger partial charge in [0.05, 0.1) is 16.9 Å². The fraction of sp³-hybridized carbons (Fsp3) is 0.231. The molecule has 1 amide bonds. The number of hydrogen-bond donors (Lipinski definition) is 2. The summed E-state index contributed by atoms with van der Waals surface area (Å²) in [5.41, 5.74) is 4.27. The van der Waals surface area contributed by atoms with Gasteiger partial charge in [0, 0.05) is 41.9 Å². The van der Waals surface area contributed by atoms with Crippen LogP contribution in [0.3, 0.4) is 0 Å². The predicted octanol–water partition coefficient (Wildman–Crippen LogP) is 5.31. The van der Waals surface area contributed by atoms with E-state index in [-0.39, 0.29) is 17.5 Å². The molecule has 6 nitrogen and oxygen atoms in total. The average Bonchev–Trinajstić information content (AvgIpc) is 2.79. The van der Waals surface area contributed by atoms with Crippen LogP contribution in [-0.4, -0.2) is 42.7 Å². The van der Waals surface area contributed by atoms with Crippen molar-refractivity contribution in [3.63, 3.8) is 0 Å².